The van der Waals surface area contributed by atoms with Crippen LogP contribution >= 0.6 is 0 Å². The van der Waals surface area contributed by atoms with E-state index >= 15 is 0 Å². The van der Waals surface area contributed by atoms with Crippen molar-refractivity contribution in [1.82, 2.24) is 10.6 Å². The number of Topliss-reactive ketones (excluding diaryl/α,β-unsaturated/α-hetero) is 2. The van der Waals surface area contributed by atoms with Crippen molar-refractivity contribution in [3.63, 3.8) is 0 Å². The van der Waals surface area contributed by atoms with Gasteiger partial charge in [-0.05, 0) is 69.7 Å². The van der Waals surface area contributed by atoms with Crippen molar-refractivity contribution >= 4 is 20.1 Å². The summed E-state index contributed by atoms with van der Waals surface area (Å²) in [6, 6.07) is 0.356. The smallest absolute Gasteiger partial charge is 0.340 e. The Morgan fingerprint density at radius 3 is 2.26 bits per heavy atom. The fraction of sp³-hybridized carbons (Fsp3) is 0.750. The van der Waals surface area contributed by atoms with Crippen LogP contribution in [0, 0.1) is 17.8 Å². The van der Waals surface area contributed by atoms with Gasteiger partial charge in [0.2, 0.25) is 0 Å². The third kappa shape index (κ3) is 6.96. The largest absolute Gasteiger partial charge is 0.410 e. The van der Waals surface area contributed by atoms with Crippen molar-refractivity contribution in [3.05, 3.63) is 35.2 Å². The van der Waals surface area contributed by atoms with Crippen LogP contribution in [0.15, 0.2) is 35.2 Å². The monoisotopic (exact) mass is 558 g/mol. The van der Waals surface area contributed by atoms with Gasteiger partial charge in [0.1, 0.15) is 11.1 Å². The molecule has 0 aromatic heterocycles. The topological polar surface area (TPSA) is 98.7 Å². The maximum Gasteiger partial charge on any atom is 0.340 e. The van der Waals surface area contributed by atoms with Crippen LogP contribution in [-0.2, 0) is 9.59 Å². The fourth-order valence-electron chi connectivity index (χ4n) is 6.76. The number of hydrogen-bond acceptors (Lipinski definition) is 6. The van der Waals surface area contributed by atoms with E-state index in [2.05, 4.69) is 44.4 Å². The number of hydrogen-bond donors (Lipinski definition) is 4. The lowest BCUT2D eigenvalue weighted by molar-refractivity contribution is -0.125. The molecule has 1 aliphatic carbocycles. The molecular weight excluding hydrogens is 504 g/mol. The van der Waals surface area contributed by atoms with Crippen molar-refractivity contribution in [2.45, 2.75) is 135 Å². The summed E-state index contributed by atoms with van der Waals surface area (Å²) in [6.07, 6.45) is 14.3. The molecule has 2 aliphatic heterocycles. The molecule has 4 N–H and O–H groups in total. The average molecular weight is 559 g/mol. The number of carbonyl (C=O) groups excluding carboxylic acids is 2. The second-order valence-electron chi connectivity index (χ2n) is 13.6. The molecule has 1 fully saturated rings. The summed E-state index contributed by atoms with van der Waals surface area (Å²) in [4.78, 5) is 51.9. The standard InChI is InChI=1S/C32H54N2O4Si/c1-8-31(16-14-22(2)3)30(36)27(21-33-31)32(19-24(6)7)29(35)26(20-34-32)28(18-25-12-10-9-11-13-25)39(37,38)17-15-23(4)5/h14,20-21,23-25,28,33-34,37-38H,8-13,15-19H2,1-7H3/t28-,31+,32+/m1/s1. The summed E-state index contributed by atoms with van der Waals surface area (Å²) in [7, 11) is -3.76. The molecule has 3 rings (SSSR count). The fourth-order valence-corrected chi connectivity index (χ4v) is 9.53. The molecule has 0 aromatic carbocycles. The highest BCUT2D eigenvalue weighted by Crippen LogP contribution is 2.47. The van der Waals surface area contributed by atoms with E-state index in [4.69, 9.17) is 0 Å². The number of ketones is 2. The average Bonchev–Trinajstić information content (AvgIpc) is 3.37. The Bertz CT molecular complexity index is 988. The molecule has 220 valence electrons. The summed E-state index contributed by atoms with van der Waals surface area (Å²) in [5.74, 6) is 0.734. The molecule has 0 saturated heterocycles. The molecule has 1 saturated carbocycles. The van der Waals surface area contributed by atoms with Gasteiger partial charge in [0.25, 0.3) is 0 Å². The predicted molar refractivity (Wildman–Crippen MR) is 161 cm³/mol. The molecule has 6 nitrogen and oxygen atoms in total. The summed E-state index contributed by atoms with van der Waals surface area (Å²) in [6.45, 7) is 14.4. The van der Waals surface area contributed by atoms with Crippen LogP contribution in [0.4, 0.5) is 0 Å². The summed E-state index contributed by atoms with van der Waals surface area (Å²) < 4.78 is 0. The van der Waals surface area contributed by atoms with Gasteiger partial charge in [-0.1, -0.05) is 78.4 Å². The van der Waals surface area contributed by atoms with Crippen molar-refractivity contribution in [2.75, 3.05) is 0 Å². The number of allylic oxidation sites excluding steroid dienone is 1. The first-order chi connectivity index (χ1) is 18.3. The molecule has 0 radical (unpaired) electrons. The minimum atomic E-state index is -3.76. The van der Waals surface area contributed by atoms with Crippen LogP contribution in [0.5, 0.6) is 0 Å². The van der Waals surface area contributed by atoms with Crippen LogP contribution in [0.3, 0.4) is 0 Å². The van der Waals surface area contributed by atoms with Crippen molar-refractivity contribution in [2.24, 2.45) is 17.8 Å². The molecule has 39 heavy (non-hydrogen) atoms. The molecule has 0 amide bonds. The highest BCUT2D eigenvalue weighted by molar-refractivity contribution is 6.67. The van der Waals surface area contributed by atoms with Crippen LogP contribution in [0.2, 0.25) is 11.6 Å². The van der Waals surface area contributed by atoms with Gasteiger partial charge in [0.05, 0.1) is 0 Å². The zero-order chi connectivity index (χ0) is 29.0. The third-order valence-corrected chi connectivity index (χ3v) is 11.9. The Labute approximate surface area is 238 Å². The van der Waals surface area contributed by atoms with Gasteiger partial charge < -0.3 is 20.2 Å². The Morgan fingerprint density at radius 2 is 1.69 bits per heavy atom. The first-order valence-electron chi connectivity index (χ1n) is 15.4. The Kier molecular flexibility index (Phi) is 10.5. The van der Waals surface area contributed by atoms with Gasteiger partial charge in [0.15, 0.2) is 11.6 Å². The second kappa shape index (κ2) is 12.9. The molecule has 0 bridgehead atoms. The molecule has 7 heteroatoms. The first-order valence-corrected chi connectivity index (χ1v) is 17.6. The molecule has 0 spiro atoms. The van der Waals surface area contributed by atoms with Gasteiger partial charge in [-0.3, -0.25) is 9.59 Å². The number of nitrogens with one attached hydrogen (secondary N) is 2. The Balaban J connectivity index is 1.98. The van der Waals surface area contributed by atoms with E-state index in [1.54, 1.807) is 12.4 Å². The zero-order valence-corrected chi connectivity index (χ0v) is 26.5. The summed E-state index contributed by atoms with van der Waals surface area (Å²) in [5, 5.41) is 6.78. The molecule has 3 aliphatic rings. The van der Waals surface area contributed by atoms with E-state index in [1.165, 1.54) is 6.42 Å². The van der Waals surface area contributed by atoms with Gasteiger partial charge >= 0.3 is 8.56 Å². The minimum absolute atomic E-state index is 0.0289. The maximum atomic E-state index is 14.6. The van der Waals surface area contributed by atoms with Gasteiger partial charge in [0, 0.05) is 29.1 Å². The summed E-state index contributed by atoms with van der Waals surface area (Å²) in [5.41, 5.74) is -0.358. The summed E-state index contributed by atoms with van der Waals surface area (Å²) >= 11 is 0. The minimum Gasteiger partial charge on any atom is -0.410 e. The van der Waals surface area contributed by atoms with Crippen LogP contribution in [0.25, 0.3) is 0 Å². The lowest BCUT2D eigenvalue weighted by Crippen LogP contribution is -2.54. The van der Waals surface area contributed by atoms with Crippen LogP contribution < -0.4 is 10.6 Å². The highest BCUT2D eigenvalue weighted by atomic mass is 28.4. The lowest BCUT2D eigenvalue weighted by Gasteiger charge is -2.36. The number of carbonyl (C=O) groups is 2. The second-order valence-corrected chi connectivity index (χ2v) is 16.6. The molecule has 0 unspecified atom stereocenters. The first kappa shape index (κ1) is 31.8. The molecule has 0 aromatic rings. The van der Waals surface area contributed by atoms with Crippen molar-refractivity contribution in [3.8, 4) is 0 Å². The lowest BCUT2D eigenvalue weighted by atomic mass is 9.73. The molecule has 2 heterocycles. The van der Waals surface area contributed by atoms with E-state index in [0.717, 1.165) is 37.7 Å². The number of rotatable bonds is 13. The van der Waals surface area contributed by atoms with Crippen LogP contribution in [-0.4, -0.2) is 40.8 Å². The van der Waals surface area contributed by atoms with Crippen LogP contribution in [0.1, 0.15) is 113 Å². The highest BCUT2D eigenvalue weighted by Gasteiger charge is 2.57. The Morgan fingerprint density at radius 1 is 1.03 bits per heavy atom. The zero-order valence-electron chi connectivity index (χ0n) is 25.5. The quantitative estimate of drug-likeness (QED) is 0.159. The normalized spacial score (nSPS) is 26.9. The predicted octanol–water partition coefficient (Wildman–Crippen LogP) is 6.20. The van der Waals surface area contributed by atoms with Crippen molar-refractivity contribution < 1.29 is 19.2 Å². The third-order valence-electron chi connectivity index (χ3n) is 9.25. The molecular formula is C32H54N2O4Si. The van der Waals surface area contributed by atoms with E-state index < -0.39 is 25.2 Å². The van der Waals surface area contributed by atoms with E-state index in [-0.39, 0.29) is 17.5 Å². The van der Waals surface area contributed by atoms with Gasteiger partial charge in [-0.15, -0.1) is 0 Å². The van der Waals surface area contributed by atoms with E-state index in [9.17, 15) is 19.2 Å². The van der Waals surface area contributed by atoms with Crippen molar-refractivity contribution in [1.29, 1.82) is 0 Å². The van der Waals surface area contributed by atoms with E-state index in [1.807, 2.05) is 20.8 Å². The SMILES string of the molecule is CC[C@@]1(CC=C(C)C)NC=C([C@]2(CC(C)C)NC=C([C@@H](CC3CCCCC3)[Si](O)(O)CCC(C)C)C2=O)C1=O. The van der Waals surface area contributed by atoms with Gasteiger partial charge in [-0.2, -0.15) is 0 Å². The van der Waals surface area contributed by atoms with Gasteiger partial charge in [-0.25, -0.2) is 0 Å². The maximum absolute atomic E-state index is 14.6. The van der Waals surface area contributed by atoms with E-state index in [0.29, 0.717) is 54.7 Å². The Hall–Kier alpha value is -1.70. The molecule has 3 atom stereocenters.